The highest BCUT2D eigenvalue weighted by molar-refractivity contribution is 6.37. The Bertz CT molecular complexity index is 851. The Morgan fingerprint density at radius 3 is 2.21 bits per heavy atom. The summed E-state index contributed by atoms with van der Waals surface area (Å²) in [7, 11) is 0.976. The number of halogens is 3. The number of hydrogen-bond acceptors (Lipinski definition) is 5. The third kappa shape index (κ3) is 5.63. The number of carbonyl (C=O) groups excluding carboxylic acids is 2. The summed E-state index contributed by atoms with van der Waals surface area (Å²) in [6, 6.07) is 10.9. The predicted molar refractivity (Wildman–Crippen MR) is 95.0 cm³/mol. The highest BCUT2D eigenvalue weighted by atomic mass is 19.4. The Balaban J connectivity index is 2.62. The molecule has 0 atom stereocenters. The quantitative estimate of drug-likeness (QED) is 0.606. The number of ether oxygens (including phenoxy) is 3. The number of benzene rings is 2. The molecule has 0 aliphatic rings. The summed E-state index contributed by atoms with van der Waals surface area (Å²) < 4.78 is 52.4. The molecule has 0 bridgehead atoms. The number of methoxy groups -OCH3 is 1. The highest BCUT2D eigenvalue weighted by Crippen LogP contribution is 2.41. The van der Waals surface area contributed by atoms with Gasteiger partial charge < -0.3 is 19.5 Å². The summed E-state index contributed by atoms with van der Waals surface area (Å²) in [5.41, 5.74) is 0.678. The fraction of sp³-hybridized carbons (Fsp3) is 0.263. The summed E-state index contributed by atoms with van der Waals surface area (Å²) >= 11 is 0. The minimum Gasteiger partial charge on any atom is -0.490 e. The lowest BCUT2D eigenvalue weighted by atomic mass is 10.0. The Labute approximate surface area is 159 Å². The molecule has 0 radical (unpaired) electrons. The number of rotatable bonds is 5. The van der Waals surface area contributed by atoms with E-state index >= 15 is 0 Å². The van der Waals surface area contributed by atoms with Gasteiger partial charge in [-0.1, -0.05) is 30.3 Å². The van der Waals surface area contributed by atoms with E-state index in [1.54, 1.807) is 44.2 Å². The van der Waals surface area contributed by atoms with Gasteiger partial charge in [0.05, 0.1) is 18.9 Å². The Morgan fingerprint density at radius 1 is 1.04 bits per heavy atom. The number of amides is 1. The van der Waals surface area contributed by atoms with Crippen LogP contribution in [0.15, 0.2) is 42.5 Å². The third-order valence-electron chi connectivity index (χ3n) is 3.37. The van der Waals surface area contributed by atoms with Crippen LogP contribution in [0.4, 0.5) is 18.9 Å². The number of hydrogen-bond donors (Lipinski definition) is 1. The van der Waals surface area contributed by atoms with Crippen LogP contribution in [-0.4, -0.2) is 31.5 Å². The molecule has 150 valence electrons. The van der Waals surface area contributed by atoms with E-state index < -0.39 is 24.0 Å². The van der Waals surface area contributed by atoms with Crippen molar-refractivity contribution >= 4 is 17.6 Å². The summed E-state index contributed by atoms with van der Waals surface area (Å²) in [5, 5.41) is 2.08. The number of alkyl halides is 3. The molecule has 6 nitrogen and oxygen atoms in total. The van der Waals surface area contributed by atoms with E-state index in [2.05, 4.69) is 14.8 Å². The number of carbonyl (C=O) groups is 2. The van der Waals surface area contributed by atoms with E-state index in [-0.39, 0.29) is 17.5 Å². The first-order chi connectivity index (χ1) is 13.1. The van der Waals surface area contributed by atoms with E-state index in [1.165, 1.54) is 6.07 Å². The lowest BCUT2D eigenvalue weighted by Crippen LogP contribution is -2.25. The minimum atomic E-state index is -5.02. The van der Waals surface area contributed by atoms with Crippen LogP contribution in [0.3, 0.4) is 0 Å². The molecule has 0 aromatic heterocycles. The first-order valence-electron chi connectivity index (χ1n) is 8.16. The van der Waals surface area contributed by atoms with Gasteiger partial charge in [0.15, 0.2) is 5.75 Å². The average molecular weight is 397 g/mol. The van der Waals surface area contributed by atoms with Crippen molar-refractivity contribution in [1.29, 1.82) is 0 Å². The van der Waals surface area contributed by atoms with Crippen molar-refractivity contribution in [1.82, 2.24) is 0 Å². The van der Waals surface area contributed by atoms with E-state index in [4.69, 9.17) is 4.74 Å². The van der Waals surface area contributed by atoms with Gasteiger partial charge in [-0.15, -0.1) is 13.2 Å². The summed E-state index contributed by atoms with van der Waals surface area (Å²) in [6.45, 7) is 3.43. The Hall–Kier alpha value is -3.23. The Kier molecular flexibility index (Phi) is 6.50. The second-order valence-corrected chi connectivity index (χ2v) is 5.87. The zero-order valence-electron chi connectivity index (χ0n) is 15.3. The molecule has 2 aromatic rings. The summed E-state index contributed by atoms with van der Waals surface area (Å²) in [6.07, 6.45) is -5.36. The Morgan fingerprint density at radius 2 is 1.68 bits per heavy atom. The molecule has 0 unspecified atom stereocenters. The molecule has 1 N–H and O–H groups in total. The molecule has 0 spiro atoms. The van der Waals surface area contributed by atoms with Gasteiger partial charge in [0.2, 0.25) is 0 Å². The van der Waals surface area contributed by atoms with Crippen molar-refractivity contribution < 1.29 is 37.0 Å². The van der Waals surface area contributed by atoms with Crippen LogP contribution in [-0.2, 0) is 14.3 Å². The van der Waals surface area contributed by atoms with Crippen molar-refractivity contribution in [3.8, 4) is 22.6 Å². The topological polar surface area (TPSA) is 73.9 Å². The predicted octanol–water partition coefficient (Wildman–Crippen LogP) is 4.15. The van der Waals surface area contributed by atoms with Crippen molar-refractivity contribution in [2.45, 2.75) is 26.3 Å². The van der Waals surface area contributed by atoms with Crippen LogP contribution in [0.2, 0.25) is 0 Å². The molecular formula is C19H18F3NO5. The van der Waals surface area contributed by atoms with E-state index in [9.17, 15) is 22.8 Å². The van der Waals surface area contributed by atoms with Crippen molar-refractivity contribution in [3.05, 3.63) is 42.5 Å². The van der Waals surface area contributed by atoms with Gasteiger partial charge in [-0.05, 0) is 25.5 Å². The van der Waals surface area contributed by atoms with Gasteiger partial charge in [-0.2, -0.15) is 0 Å². The van der Waals surface area contributed by atoms with Gasteiger partial charge >= 0.3 is 18.2 Å². The molecule has 9 heteroatoms. The zero-order chi connectivity index (χ0) is 20.9. The smallest absolute Gasteiger partial charge is 0.490 e. The van der Waals surface area contributed by atoms with Crippen molar-refractivity contribution in [2.75, 3.05) is 12.4 Å². The van der Waals surface area contributed by atoms with E-state index in [0.29, 0.717) is 11.1 Å². The molecule has 0 saturated carbocycles. The average Bonchev–Trinajstić information content (AvgIpc) is 2.61. The fourth-order valence-corrected chi connectivity index (χ4v) is 2.33. The maximum absolute atomic E-state index is 12.8. The lowest BCUT2D eigenvalue weighted by Gasteiger charge is -2.20. The molecule has 0 heterocycles. The number of anilines is 1. The normalized spacial score (nSPS) is 11.1. The minimum absolute atomic E-state index is 0.122. The van der Waals surface area contributed by atoms with Gasteiger partial charge in [0.25, 0.3) is 0 Å². The third-order valence-corrected chi connectivity index (χ3v) is 3.37. The molecule has 0 aliphatic heterocycles. The van der Waals surface area contributed by atoms with E-state index in [1.807, 2.05) is 0 Å². The first kappa shape index (κ1) is 21.1. The first-order valence-corrected chi connectivity index (χ1v) is 8.16. The molecule has 2 rings (SSSR count). The molecule has 0 fully saturated rings. The summed E-state index contributed by atoms with van der Waals surface area (Å²) in [5.74, 6) is -3.11. The molecule has 1 amide bonds. The SMILES string of the molecule is COC(=O)C(=O)Nc1cc(-c2ccccc2)c(OC(C)C)cc1OC(F)(F)F. The van der Waals surface area contributed by atoms with Gasteiger partial charge in [0.1, 0.15) is 5.75 Å². The van der Waals surface area contributed by atoms with Crippen molar-refractivity contribution in [3.63, 3.8) is 0 Å². The standard InChI is InChI=1S/C19H18F3NO5/c1-11(2)27-15-10-16(28-19(20,21)22)14(23-17(24)18(25)26-3)9-13(15)12-7-5-4-6-8-12/h4-11H,1-3H3,(H,23,24). The van der Waals surface area contributed by atoms with Crippen LogP contribution in [0.1, 0.15) is 13.8 Å². The fourth-order valence-electron chi connectivity index (χ4n) is 2.33. The van der Waals surface area contributed by atoms with E-state index in [0.717, 1.165) is 13.2 Å². The summed E-state index contributed by atoms with van der Waals surface area (Å²) in [4.78, 5) is 23.2. The van der Waals surface area contributed by atoms with Crippen molar-refractivity contribution in [2.24, 2.45) is 0 Å². The lowest BCUT2D eigenvalue weighted by molar-refractivity contribution is -0.274. The van der Waals surface area contributed by atoms with Crippen LogP contribution in [0, 0.1) is 0 Å². The monoisotopic (exact) mass is 397 g/mol. The second-order valence-electron chi connectivity index (χ2n) is 5.87. The molecule has 2 aromatic carbocycles. The largest absolute Gasteiger partial charge is 0.573 e. The molecular weight excluding hydrogens is 379 g/mol. The molecule has 0 aliphatic carbocycles. The van der Waals surface area contributed by atoms with Crippen LogP contribution >= 0.6 is 0 Å². The zero-order valence-corrected chi connectivity index (χ0v) is 15.3. The highest BCUT2D eigenvalue weighted by Gasteiger charge is 2.33. The van der Waals surface area contributed by atoms with Crippen LogP contribution in [0.25, 0.3) is 11.1 Å². The van der Waals surface area contributed by atoms with Crippen LogP contribution in [0.5, 0.6) is 11.5 Å². The van der Waals surface area contributed by atoms with Gasteiger partial charge in [-0.3, -0.25) is 4.79 Å². The maximum Gasteiger partial charge on any atom is 0.573 e. The van der Waals surface area contributed by atoms with Gasteiger partial charge in [0, 0.05) is 11.6 Å². The molecule has 28 heavy (non-hydrogen) atoms. The number of nitrogens with one attached hydrogen (secondary N) is 1. The number of esters is 1. The second kappa shape index (κ2) is 8.64. The van der Waals surface area contributed by atoms with Gasteiger partial charge in [-0.25, -0.2) is 4.79 Å². The molecule has 0 saturated heterocycles. The van der Waals surface area contributed by atoms with Crippen LogP contribution < -0.4 is 14.8 Å². The maximum atomic E-state index is 12.8.